The number of hydrogen-bond acceptors (Lipinski definition) is 2. The fourth-order valence-electron chi connectivity index (χ4n) is 2.13. The largest absolute Gasteiger partial charge is 2.00 e. The topological polar surface area (TPSA) is 46.1 Å². The van der Waals surface area contributed by atoms with Crippen molar-refractivity contribution in [2.24, 2.45) is 0 Å². The molecule has 0 aromatic heterocycles. The molecule has 0 radical (unpaired) electrons. The molecule has 0 fully saturated rings. The van der Waals surface area contributed by atoms with Gasteiger partial charge in [0.1, 0.15) is 0 Å². The second-order valence-corrected chi connectivity index (χ2v) is 12.0. The number of hydrogen-bond donors (Lipinski definition) is 0. The molecule has 22 heavy (non-hydrogen) atoms. The van der Waals surface area contributed by atoms with E-state index in [9.17, 15) is 10.2 Å². The van der Waals surface area contributed by atoms with Gasteiger partial charge in [-0.2, -0.15) is 0 Å². The third-order valence-electron chi connectivity index (χ3n) is 3.08. The first-order chi connectivity index (χ1) is 9.70. The normalized spacial score (nSPS) is 17.7. The summed E-state index contributed by atoms with van der Waals surface area (Å²) in [6, 6.07) is 1.11. The predicted molar refractivity (Wildman–Crippen MR) is 89.1 cm³/mol. The second-order valence-electron chi connectivity index (χ2n) is 6.49. The zero-order chi connectivity index (χ0) is 16.0. The van der Waals surface area contributed by atoms with E-state index in [1.54, 1.807) is 13.8 Å². The van der Waals surface area contributed by atoms with E-state index in [0.29, 0.717) is 0 Å². The quantitative estimate of drug-likeness (QED) is 0.563. The van der Waals surface area contributed by atoms with Crippen LogP contribution in [0.3, 0.4) is 0 Å². The molecule has 0 atom stereocenters. The van der Waals surface area contributed by atoms with E-state index in [-0.39, 0.29) is 28.6 Å². The Morgan fingerprint density at radius 1 is 0.909 bits per heavy atom. The molecule has 0 aromatic rings. The van der Waals surface area contributed by atoms with Crippen LogP contribution >= 0.6 is 0 Å². The molecule has 2 nitrogen and oxygen atoms in total. The Bertz CT molecular complexity index is 548. The van der Waals surface area contributed by atoms with Crippen molar-refractivity contribution >= 4 is 8.07 Å². The maximum Gasteiger partial charge on any atom is 2.00 e. The Morgan fingerprint density at radius 2 is 1.45 bits per heavy atom. The summed E-state index contributed by atoms with van der Waals surface area (Å²) in [6.45, 7) is 10.2. The molecule has 0 aliphatic heterocycles. The number of allylic oxidation sites excluding steroid dienone is 12. The van der Waals surface area contributed by atoms with Gasteiger partial charge >= 0.3 is 17.1 Å². The van der Waals surface area contributed by atoms with Crippen LogP contribution in [-0.2, 0) is 17.1 Å². The summed E-state index contributed by atoms with van der Waals surface area (Å²) in [6.07, 6.45) is 13.3. The van der Waals surface area contributed by atoms with E-state index in [4.69, 9.17) is 0 Å². The van der Waals surface area contributed by atoms with Crippen molar-refractivity contribution in [1.29, 1.82) is 0 Å². The summed E-state index contributed by atoms with van der Waals surface area (Å²) in [4.78, 5) is 0. The zero-order valence-corrected chi connectivity index (χ0v) is 16.0. The van der Waals surface area contributed by atoms with Gasteiger partial charge in [-0.15, -0.1) is 11.5 Å². The van der Waals surface area contributed by atoms with Gasteiger partial charge in [-0.3, -0.25) is 0 Å². The summed E-state index contributed by atoms with van der Waals surface area (Å²) in [5.74, 6) is 0.327. The van der Waals surface area contributed by atoms with E-state index in [2.05, 4.69) is 25.7 Å². The van der Waals surface area contributed by atoms with Crippen LogP contribution < -0.4 is 10.2 Å². The Labute approximate surface area is 145 Å². The molecule has 0 saturated heterocycles. The third-order valence-corrected chi connectivity index (χ3v) is 4.52. The van der Waals surface area contributed by atoms with Gasteiger partial charge in [0.15, 0.2) is 0 Å². The second kappa shape index (κ2) is 9.04. The fourth-order valence-corrected chi connectivity index (χ4v) is 3.59. The fraction of sp³-hybridized carbons (Fsp3) is 0.333. The Hall–Kier alpha value is -1.22. The molecule has 0 bridgehead atoms. The first kappa shape index (κ1) is 20.8. The van der Waals surface area contributed by atoms with Gasteiger partial charge in [0.25, 0.3) is 0 Å². The minimum atomic E-state index is -1.09. The maximum absolute atomic E-state index is 11.2. The molecule has 0 aromatic carbocycles. The van der Waals surface area contributed by atoms with E-state index >= 15 is 0 Å². The molecule has 0 saturated carbocycles. The van der Waals surface area contributed by atoms with Gasteiger partial charge in [-0.25, -0.2) is 0 Å². The van der Waals surface area contributed by atoms with Crippen LogP contribution in [0.4, 0.5) is 0 Å². The van der Waals surface area contributed by atoms with Crippen molar-refractivity contribution in [3.8, 4) is 0 Å². The van der Waals surface area contributed by atoms with Crippen molar-refractivity contribution in [2.75, 3.05) is 0 Å². The molecule has 0 spiro atoms. The molecule has 0 amide bonds. The Morgan fingerprint density at radius 3 is 1.82 bits per heavy atom. The molecular weight excluding hydrogens is 332 g/mol. The van der Waals surface area contributed by atoms with Crippen LogP contribution in [0.5, 0.6) is 0 Å². The summed E-state index contributed by atoms with van der Waals surface area (Å²) < 4.78 is 0. The van der Waals surface area contributed by atoms with Crippen molar-refractivity contribution in [3.05, 3.63) is 70.8 Å². The third kappa shape index (κ3) is 7.17. The van der Waals surface area contributed by atoms with E-state index in [1.165, 1.54) is 5.57 Å². The number of rotatable bonds is 2. The molecular formula is C18H24FeO2Si. The summed E-state index contributed by atoms with van der Waals surface area (Å²) in [5.41, 5.74) is 2.96. The van der Waals surface area contributed by atoms with Crippen LogP contribution in [0.25, 0.3) is 0 Å². The van der Waals surface area contributed by atoms with E-state index < -0.39 is 8.07 Å². The van der Waals surface area contributed by atoms with Gasteiger partial charge in [-0.1, -0.05) is 76.0 Å². The van der Waals surface area contributed by atoms with Crippen molar-refractivity contribution in [2.45, 2.75) is 39.5 Å². The van der Waals surface area contributed by atoms with Crippen molar-refractivity contribution < 1.29 is 27.3 Å². The molecule has 0 heterocycles. The first-order valence-corrected chi connectivity index (χ1v) is 10.9. The molecule has 2 aliphatic rings. The van der Waals surface area contributed by atoms with Crippen LogP contribution in [0.2, 0.25) is 25.7 Å². The average Bonchev–Trinajstić information content (AvgIpc) is 2.96. The van der Waals surface area contributed by atoms with E-state index in [0.717, 1.165) is 17.2 Å². The predicted octanol–water partition coefficient (Wildman–Crippen LogP) is 3.20. The summed E-state index contributed by atoms with van der Waals surface area (Å²) >= 11 is 0. The smallest absolute Gasteiger partial charge is 0.875 e. The molecule has 2 rings (SSSR count). The van der Waals surface area contributed by atoms with Gasteiger partial charge in [0.05, 0.1) is 0 Å². The molecule has 0 unspecified atom stereocenters. The van der Waals surface area contributed by atoms with Crippen LogP contribution in [0.1, 0.15) is 13.8 Å². The first-order valence-electron chi connectivity index (χ1n) is 7.19. The standard InChI is InChI=1S/C11H18OSi.C7H8O.Fe/c1-9(12)11-7-5-6-10(11)8-13(2,3)4;1-6(8)7-4-2-3-5-7;/h5-7,12H,8H2,1-4H3;2-5,8H,1H3;/q;;+2/p-2. The molecule has 120 valence electrons. The van der Waals surface area contributed by atoms with Crippen molar-refractivity contribution in [1.82, 2.24) is 0 Å². The Balaban J connectivity index is 0.000000423. The molecule has 0 N–H and O–H groups in total. The van der Waals surface area contributed by atoms with Gasteiger partial charge in [0, 0.05) is 8.07 Å². The average molecular weight is 356 g/mol. The van der Waals surface area contributed by atoms with E-state index in [1.807, 2.05) is 36.5 Å². The maximum atomic E-state index is 11.2. The molecule has 4 heteroatoms. The van der Waals surface area contributed by atoms with Crippen LogP contribution in [0.15, 0.2) is 70.8 Å². The van der Waals surface area contributed by atoms with Crippen molar-refractivity contribution in [3.63, 3.8) is 0 Å². The van der Waals surface area contributed by atoms with Gasteiger partial charge < -0.3 is 10.2 Å². The summed E-state index contributed by atoms with van der Waals surface area (Å²) in [5, 5.41) is 21.7. The van der Waals surface area contributed by atoms with Crippen LogP contribution in [0, 0.1) is 0 Å². The minimum absolute atomic E-state index is 0. The monoisotopic (exact) mass is 356 g/mol. The van der Waals surface area contributed by atoms with Crippen LogP contribution in [-0.4, -0.2) is 8.07 Å². The minimum Gasteiger partial charge on any atom is -0.875 e. The summed E-state index contributed by atoms with van der Waals surface area (Å²) in [7, 11) is -1.09. The Kier molecular flexibility index (Phi) is 8.53. The zero-order valence-electron chi connectivity index (χ0n) is 13.9. The van der Waals surface area contributed by atoms with Gasteiger partial charge in [-0.05, 0) is 22.8 Å². The molecule has 2 aliphatic carbocycles. The SMILES string of the molecule is CC([O-])=C1C=CC=C1.CC([O-])=C1C=CC=C1C[Si](C)(C)C.[Fe+2]. The van der Waals surface area contributed by atoms with Gasteiger partial charge in [0.2, 0.25) is 0 Å².